The van der Waals surface area contributed by atoms with Gasteiger partial charge in [0.25, 0.3) is 5.91 Å². The molecule has 0 bridgehead atoms. The van der Waals surface area contributed by atoms with Crippen LogP contribution in [0.5, 0.6) is 5.75 Å². The topological polar surface area (TPSA) is 55.3 Å². The van der Waals surface area contributed by atoms with E-state index in [1.807, 2.05) is 34.9 Å². The van der Waals surface area contributed by atoms with Crippen molar-refractivity contribution in [3.8, 4) is 11.4 Å². The zero-order chi connectivity index (χ0) is 16.0. The molecular formula is C17H18ClN3O2. The third-order valence-corrected chi connectivity index (χ3v) is 4.92. The molecule has 120 valence electrons. The second kappa shape index (κ2) is 5.28. The van der Waals surface area contributed by atoms with Gasteiger partial charge in [-0.05, 0) is 37.4 Å². The number of aromatic nitrogens is 1. The molecule has 1 aromatic heterocycles. The van der Waals surface area contributed by atoms with Gasteiger partial charge in [-0.2, -0.15) is 0 Å². The monoisotopic (exact) mass is 331 g/mol. The summed E-state index contributed by atoms with van der Waals surface area (Å²) in [5.41, 5.74) is 2.10. The van der Waals surface area contributed by atoms with E-state index in [2.05, 4.69) is 10.6 Å². The third-order valence-electron chi connectivity index (χ3n) is 4.69. The predicted molar refractivity (Wildman–Crippen MR) is 88.6 cm³/mol. The van der Waals surface area contributed by atoms with Crippen LogP contribution in [0.25, 0.3) is 5.69 Å². The molecule has 0 atom stereocenters. The fraction of sp³-hybridized carbons (Fsp3) is 0.353. The molecule has 1 amide bonds. The molecule has 0 radical (unpaired) electrons. The lowest BCUT2D eigenvalue weighted by Crippen LogP contribution is -2.47. The highest BCUT2D eigenvalue weighted by Crippen LogP contribution is 2.45. The van der Waals surface area contributed by atoms with E-state index >= 15 is 0 Å². The van der Waals surface area contributed by atoms with Crippen LogP contribution in [-0.2, 0) is 5.60 Å². The number of benzene rings is 1. The minimum absolute atomic E-state index is 0.108. The largest absolute Gasteiger partial charge is 0.479 e. The highest BCUT2D eigenvalue weighted by atomic mass is 35.5. The summed E-state index contributed by atoms with van der Waals surface area (Å²) in [7, 11) is 1.64. The van der Waals surface area contributed by atoms with E-state index in [-0.39, 0.29) is 5.91 Å². The van der Waals surface area contributed by atoms with Gasteiger partial charge in [0.05, 0.1) is 11.4 Å². The van der Waals surface area contributed by atoms with E-state index in [1.54, 1.807) is 7.05 Å². The van der Waals surface area contributed by atoms with E-state index in [9.17, 15) is 4.79 Å². The summed E-state index contributed by atoms with van der Waals surface area (Å²) in [5.74, 6) is 0.622. The van der Waals surface area contributed by atoms with Gasteiger partial charge >= 0.3 is 0 Å². The Hall–Kier alpha value is -1.98. The minimum atomic E-state index is -0.408. The Kier molecular flexibility index (Phi) is 3.36. The van der Waals surface area contributed by atoms with Gasteiger partial charge in [0.1, 0.15) is 11.4 Å². The van der Waals surface area contributed by atoms with Gasteiger partial charge in [0.2, 0.25) is 0 Å². The summed E-state index contributed by atoms with van der Waals surface area (Å²) in [6.07, 6.45) is 1.71. The van der Waals surface area contributed by atoms with Crippen molar-refractivity contribution >= 4 is 17.5 Å². The van der Waals surface area contributed by atoms with Crippen molar-refractivity contribution in [1.82, 2.24) is 15.2 Å². The van der Waals surface area contributed by atoms with Crippen LogP contribution in [0.15, 0.2) is 30.3 Å². The first-order valence-corrected chi connectivity index (χ1v) is 8.16. The van der Waals surface area contributed by atoms with E-state index in [0.29, 0.717) is 10.7 Å². The van der Waals surface area contributed by atoms with E-state index in [0.717, 1.165) is 43.1 Å². The molecule has 4 rings (SSSR count). The van der Waals surface area contributed by atoms with Crippen molar-refractivity contribution in [2.45, 2.75) is 18.4 Å². The Balaban J connectivity index is 1.96. The second-order valence-corrected chi connectivity index (χ2v) is 6.41. The van der Waals surface area contributed by atoms with Crippen LogP contribution in [0.4, 0.5) is 0 Å². The summed E-state index contributed by atoms with van der Waals surface area (Å²) in [4.78, 5) is 12.3. The van der Waals surface area contributed by atoms with Gasteiger partial charge in [-0.25, -0.2) is 0 Å². The van der Waals surface area contributed by atoms with Crippen molar-refractivity contribution in [3.63, 3.8) is 0 Å². The molecule has 1 spiro atoms. The van der Waals surface area contributed by atoms with Crippen LogP contribution >= 0.6 is 11.6 Å². The first-order valence-electron chi connectivity index (χ1n) is 7.79. The lowest BCUT2D eigenvalue weighted by Gasteiger charge is -2.42. The smallest absolute Gasteiger partial charge is 0.268 e. The number of carbonyl (C=O) groups is 1. The van der Waals surface area contributed by atoms with Crippen LogP contribution in [0.2, 0.25) is 5.02 Å². The Morgan fingerprint density at radius 1 is 1.30 bits per heavy atom. The second-order valence-electron chi connectivity index (χ2n) is 5.98. The molecule has 0 unspecified atom stereocenters. The van der Waals surface area contributed by atoms with Crippen LogP contribution in [0.3, 0.4) is 0 Å². The van der Waals surface area contributed by atoms with Crippen molar-refractivity contribution in [2.75, 3.05) is 20.1 Å². The van der Waals surface area contributed by atoms with E-state index in [4.69, 9.17) is 16.3 Å². The summed E-state index contributed by atoms with van der Waals surface area (Å²) in [5, 5.41) is 6.71. The molecule has 1 fully saturated rings. The predicted octanol–water partition coefficient (Wildman–Crippen LogP) is 2.46. The fourth-order valence-corrected chi connectivity index (χ4v) is 3.73. The first kappa shape index (κ1) is 14.6. The summed E-state index contributed by atoms with van der Waals surface area (Å²) >= 11 is 6.15. The number of ether oxygens (including phenoxy) is 1. The Labute approximate surface area is 139 Å². The number of rotatable bonds is 1. The van der Waals surface area contributed by atoms with Crippen molar-refractivity contribution in [2.24, 2.45) is 0 Å². The quantitative estimate of drug-likeness (QED) is 0.844. The van der Waals surface area contributed by atoms with Crippen molar-refractivity contribution in [3.05, 3.63) is 46.7 Å². The van der Waals surface area contributed by atoms with Gasteiger partial charge in [-0.3, -0.25) is 4.79 Å². The third kappa shape index (κ3) is 2.15. The standard InChI is InChI=1S/C17H18ClN3O2/c1-19-16(22)13-4-5-15-17(6-8-20-9-7-17)23-14-10-11(18)2-3-12(14)21(13)15/h2-5,10,20H,6-9H2,1H3,(H,19,22). The Bertz CT molecular complexity index is 778. The minimum Gasteiger partial charge on any atom is -0.479 e. The highest BCUT2D eigenvalue weighted by Gasteiger charge is 2.43. The Morgan fingerprint density at radius 3 is 2.83 bits per heavy atom. The number of carbonyl (C=O) groups excluding carboxylic acids is 1. The Morgan fingerprint density at radius 2 is 2.09 bits per heavy atom. The number of nitrogens with one attached hydrogen (secondary N) is 2. The van der Waals surface area contributed by atoms with Crippen molar-refractivity contribution in [1.29, 1.82) is 0 Å². The number of piperidine rings is 1. The lowest BCUT2D eigenvalue weighted by molar-refractivity contribution is 0.0200. The molecule has 2 aromatic rings. The molecule has 1 aromatic carbocycles. The highest BCUT2D eigenvalue weighted by molar-refractivity contribution is 6.30. The maximum atomic E-state index is 12.3. The molecule has 3 heterocycles. The molecule has 0 saturated carbocycles. The molecule has 2 aliphatic heterocycles. The number of hydrogen-bond donors (Lipinski definition) is 2. The summed E-state index contributed by atoms with van der Waals surface area (Å²) < 4.78 is 8.43. The van der Waals surface area contributed by atoms with Gasteiger partial charge in [0.15, 0.2) is 5.60 Å². The number of halogens is 1. The number of nitrogens with zero attached hydrogens (tertiary/aromatic N) is 1. The zero-order valence-electron chi connectivity index (χ0n) is 12.9. The maximum absolute atomic E-state index is 12.3. The average Bonchev–Trinajstić information content (AvgIpc) is 3.01. The summed E-state index contributed by atoms with van der Waals surface area (Å²) in [6, 6.07) is 9.43. The van der Waals surface area contributed by atoms with E-state index in [1.165, 1.54) is 0 Å². The SMILES string of the molecule is CNC(=O)c1ccc2n1-c1ccc(Cl)cc1OC21CCNCC1. The average molecular weight is 332 g/mol. The number of fused-ring (bicyclic) bond motifs is 4. The molecule has 1 saturated heterocycles. The molecule has 2 aliphatic rings. The van der Waals surface area contributed by atoms with Gasteiger partial charge in [0, 0.05) is 31.0 Å². The molecule has 2 N–H and O–H groups in total. The normalized spacial score (nSPS) is 18.0. The molecule has 23 heavy (non-hydrogen) atoms. The molecule has 6 heteroatoms. The molecule has 0 aliphatic carbocycles. The van der Waals surface area contributed by atoms with Crippen LogP contribution in [-0.4, -0.2) is 30.6 Å². The van der Waals surface area contributed by atoms with Crippen LogP contribution in [0, 0.1) is 0 Å². The van der Waals surface area contributed by atoms with Crippen LogP contribution in [0.1, 0.15) is 29.0 Å². The zero-order valence-corrected chi connectivity index (χ0v) is 13.6. The van der Waals surface area contributed by atoms with Crippen molar-refractivity contribution < 1.29 is 9.53 Å². The number of amides is 1. The van der Waals surface area contributed by atoms with Gasteiger partial charge in [-0.15, -0.1) is 0 Å². The van der Waals surface area contributed by atoms with Gasteiger partial charge < -0.3 is 19.9 Å². The summed E-state index contributed by atoms with van der Waals surface area (Å²) in [6.45, 7) is 1.77. The van der Waals surface area contributed by atoms with E-state index < -0.39 is 5.60 Å². The van der Waals surface area contributed by atoms with Crippen LogP contribution < -0.4 is 15.4 Å². The van der Waals surface area contributed by atoms with Gasteiger partial charge in [-0.1, -0.05) is 11.6 Å². The lowest BCUT2D eigenvalue weighted by atomic mass is 9.87. The first-order chi connectivity index (χ1) is 11.1. The molecular weight excluding hydrogens is 314 g/mol. The number of hydrogen-bond acceptors (Lipinski definition) is 3. The maximum Gasteiger partial charge on any atom is 0.268 e. The molecule has 5 nitrogen and oxygen atoms in total. The fourth-order valence-electron chi connectivity index (χ4n) is 3.56.